The zero-order valence-corrected chi connectivity index (χ0v) is 12.9. The Hall–Kier alpha value is -2.21. The average Bonchev–Trinajstić information content (AvgIpc) is 3.10. The summed E-state index contributed by atoms with van der Waals surface area (Å²) < 4.78 is 9.72. The van der Waals surface area contributed by atoms with Crippen molar-refractivity contribution in [3.05, 3.63) is 34.8 Å². The van der Waals surface area contributed by atoms with Gasteiger partial charge in [0.1, 0.15) is 4.88 Å². The summed E-state index contributed by atoms with van der Waals surface area (Å²) in [5.74, 6) is 0.186. The number of esters is 1. The van der Waals surface area contributed by atoms with Crippen LogP contribution in [-0.4, -0.2) is 27.1 Å². The van der Waals surface area contributed by atoms with Gasteiger partial charge in [0.05, 0.1) is 24.0 Å². The first kappa shape index (κ1) is 13.5. The standard InChI is InChI=1S/C16H15N3O2S/c1-2-21-16(20)15-13(9-3-4-9)14(19-22-15)10-5-6-12-11(7-10)8-17-18-12/h5-9H,2-4H2,1H3,(H,17,18). The maximum atomic E-state index is 12.1. The second kappa shape index (κ2) is 5.21. The summed E-state index contributed by atoms with van der Waals surface area (Å²) >= 11 is 1.25. The second-order valence-electron chi connectivity index (χ2n) is 5.44. The molecule has 5 nitrogen and oxygen atoms in total. The van der Waals surface area contributed by atoms with Crippen molar-refractivity contribution < 1.29 is 9.53 Å². The predicted molar refractivity (Wildman–Crippen MR) is 85.1 cm³/mol. The van der Waals surface area contributed by atoms with Crippen LogP contribution >= 0.6 is 11.5 Å². The van der Waals surface area contributed by atoms with E-state index in [0.29, 0.717) is 17.4 Å². The van der Waals surface area contributed by atoms with Crippen LogP contribution in [0.2, 0.25) is 0 Å². The van der Waals surface area contributed by atoms with Gasteiger partial charge in [-0.05, 0) is 49.3 Å². The van der Waals surface area contributed by atoms with Crippen molar-refractivity contribution in [3.8, 4) is 11.3 Å². The summed E-state index contributed by atoms with van der Waals surface area (Å²) in [6.07, 6.45) is 4.03. The van der Waals surface area contributed by atoms with Crippen molar-refractivity contribution in [3.63, 3.8) is 0 Å². The van der Waals surface area contributed by atoms with Crippen LogP contribution in [-0.2, 0) is 4.74 Å². The van der Waals surface area contributed by atoms with Gasteiger partial charge in [-0.3, -0.25) is 5.10 Å². The number of fused-ring (bicyclic) bond motifs is 1. The highest BCUT2D eigenvalue weighted by molar-refractivity contribution is 7.08. The molecule has 2 aromatic heterocycles. The molecule has 1 aromatic carbocycles. The fraction of sp³-hybridized carbons (Fsp3) is 0.312. The Balaban J connectivity index is 1.82. The summed E-state index contributed by atoms with van der Waals surface area (Å²) in [5.41, 5.74) is 4.00. The number of aromatic amines is 1. The lowest BCUT2D eigenvalue weighted by Crippen LogP contribution is -2.05. The molecule has 0 bridgehead atoms. The number of nitrogens with one attached hydrogen (secondary N) is 1. The number of carbonyl (C=O) groups excluding carboxylic acids is 1. The van der Waals surface area contributed by atoms with Crippen LogP contribution < -0.4 is 0 Å². The Morgan fingerprint density at radius 2 is 2.32 bits per heavy atom. The molecule has 1 aliphatic rings. The minimum absolute atomic E-state index is 0.252. The number of hydrogen-bond donors (Lipinski definition) is 1. The van der Waals surface area contributed by atoms with Crippen molar-refractivity contribution in [1.82, 2.24) is 14.6 Å². The van der Waals surface area contributed by atoms with Crippen molar-refractivity contribution in [2.75, 3.05) is 6.61 Å². The third kappa shape index (κ3) is 2.20. The minimum Gasteiger partial charge on any atom is -0.462 e. The van der Waals surface area contributed by atoms with E-state index in [2.05, 4.69) is 20.6 Å². The fourth-order valence-electron chi connectivity index (χ4n) is 2.69. The van der Waals surface area contributed by atoms with E-state index in [4.69, 9.17) is 4.74 Å². The largest absolute Gasteiger partial charge is 0.462 e. The van der Waals surface area contributed by atoms with Gasteiger partial charge in [-0.2, -0.15) is 9.47 Å². The number of hydrogen-bond acceptors (Lipinski definition) is 5. The van der Waals surface area contributed by atoms with E-state index >= 15 is 0 Å². The van der Waals surface area contributed by atoms with Crippen molar-refractivity contribution >= 4 is 28.4 Å². The Kier molecular flexibility index (Phi) is 3.18. The van der Waals surface area contributed by atoms with E-state index in [0.717, 1.165) is 40.6 Å². The monoisotopic (exact) mass is 313 g/mol. The fourth-order valence-corrected chi connectivity index (χ4v) is 3.57. The Morgan fingerprint density at radius 1 is 1.45 bits per heavy atom. The molecule has 0 aliphatic heterocycles. The van der Waals surface area contributed by atoms with Crippen LogP contribution in [0.3, 0.4) is 0 Å². The number of rotatable bonds is 4. The summed E-state index contributed by atoms with van der Waals surface area (Å²) in [4.78, 5) is 12.8. The highest BCUT2D eigenvalue weighted by Gasteiger charge is 2.34. The molecule has 112 valence electrons. The van der Waals surface area contributed by atoms with Crippen molar-refractivity contribution in [1.29, 1.82) is 0 Å². The lowest BCUT2D eigenvalue weighted by atomic mass is 10.0. The van der Waals surface area contributed by atoms with Gasteiger partial charge >= 0.3 is 5.97 Å². The van der Waals surface area contributed by atoms with Crippen molar-refractivity contribution in [2.24, 2.45) is 0 Å². The normalized spacial score (nSPS) is 14.4. The average molecular weight is 313 g/mol. The van der Waals surface area contributed by atoms with Crippen LogP contribution in [0.15, 0.2) is 24.4 Å². The van der Waals surface area contributed by atoms with Gasteiger partial charge in [0.15, 0.2) is 0 Å². The van der Waals surface area contributed by atoms with Gasteiger partial charge < -0.3 is 4.74 Å². The SMILES string of the molecule is CCOC(=O)c1snc(-c2ccc3[nH]ncc3c2)c1C1CC1. The molecule has 3 aromatic rings. The van der Waals surface area contributed by atoms with Gasteiger partial charge in [0.25, 0.3) is 0 Å². The first-order valence-corrected chi connectivity index (χ1v) is 8.15. The quantitative estimate of drug-likeness (QED) is 0.745. The van der Waals surface area contributed by atoms with Crippen LogP contribution in [0.1, 0.15) is 40.9 Å². The topological polar surface area (TPSA) is 67.9 Å². The molecular formula is C16H15N3O2S. The third-order valence-electron chi connectivity index (χ3n) is 3.89. The minimum atomic E-state index is -0.252. The van der Waals surface area contributed by atoms with E-state index < -0.39 is 0 Å². The molecule has 0 saturated heterocycles. The molecule has 0 spiro atoms. The second-order valence-corrected chi connectivity index (χ2v) is 6.21. The van der Waals surface area contributed by atoms with Gasteiger partial charge in [-0.1, -0.05) is 6.07 Å². The van der Waals surface area contributed by atoms with Gasteiger partial charge in [0.2, 0.25) is 0 Å². The predicted octanol–water partition coefficient (Wildman–Crippen LogP) is 3.74. The lowest BCUT2D eigenvalue weighted by Gasteiger charge is -2.05. The lowest BCUT2D eigenvalue weighted by molar-refractivity contribution is 0.0531. The Labute approximate surface area is 131 Å². The molecule has 1 fully saturated rings. The summed E-state index contributed by atoms with van der Waals surface area (Å²) in [6.45, 7) is 2.21. The number of ether oxygens (including phenoxy) is 1. The Bertz CT molecular complexity index is 848. The molecule has 0 radical (unpaired) electrons. The number of H-pyrrole nitrogens is 1. The first-order valence-electron chi connectivity index (χ1n) is 7.38. The molecule has 0 atom stereocenters. The third-order valence-corrected chi connectivity index (χ3v) is 4.73. The van der Waals surface area contributed by atoms with Gasteiger partial charge in [0, 0.05) is 16.5 Å². The van der Waals surface area contributed by atoms with E-state index in [-0.39, 0.29) is 5.97 Å². The molecule has 22 heavy (non-hydrogen) atoms. The molecule has 0 amide bonds. The van der Waals surface area contributed by atoms with E-state index in [1.807, 2.05) is 19.1 Å². The maximum Gasteiger partial charge on any atom is 0.350 e. The summed E-state index contributed by atoms with van der Waals surface area (Å²) in [5, 5.41) is 8.04. The first-order chi connectivity index (χ1) is 10.8. The van der Waals surface area contributed by atoms with E-state index in [9.17, 15) is 4.79 Å². The number of benzene rings is 1. The van der Waals surface area contributed by atoms with Crippen LogP contribution in [0.25, 0.3) is 22.2 Å². The van der Waals surface area contributed by atoms with Crippen molar-refractivity contribution in [2.45, 2.75) is 25.7 Å². The molecule has 6 heteroatoms. The highest BCUT2D eigenvalue weighted by Crippen LogP contribution is 2.47. The smallest absolute Gasteiger partial charge is 0.350 e. The van der Waals surface area contributed by atoms with Gasteiger partial charge in [-0.25, -0.2) is 4.79 Å². The Morgan fingerprint density at radius 3 is 3.09 bits per heavy atom. The molecule has 1 N–H and O–H groups in total. The zero-order valence-electron chi connectivity index (χ0n) is 12.1. The molecular weight excluding hydrogens is 298 g/mol. The van der Waals surface area contributed by atoms with Crippen LogP contribution in [0.5, 0.6) is 0 Å². The van der Waals surface area contributed by atoms with E-state index in [1.165, 1.54) is 11.5 Å². The summed E-state index contributed by atoms with van der Waals surface area (Å²) in [6, 6.07) is 6.09. The molecule has 0 unspecified atom stereocenters. The van der Waals surface area contributed by atoms with Crippen LogP contribution in [0, 0.1) is 0 Å². The zero-order chi connectivity index (χ0) is 15.1. The van der Waals surface area contributed by atoms with E-state index in [1.54, 1.807) is 6.20 Å². The highest BCUT2D eigenvalue weighted by atomic mass is 32.1. The number of carbonyl (C=O) groups is 1. The number of nitrogens with zero attached hydrogens (tertiary/aromatic N) is 2. The molecule has 1 aliphatic carbocycles. The van der Waals surface area contributed by atoms with Gasteiger partial charge in [-0.15, -0.1) is 0 Å². The molecule has 1 saturated carbocycles. The van der Waals surface area contributed by atoms with Crippen LogP contribution in [0.4, 0.5) is 0 Å². The molecule has 2 heterocycles. The molecule has 4 rings (SSSR count). The number of aromatic nitrogens is 3. The summed E-state index contributed by atoms with van der Waals surface area (Å²) in [7, 11) is 0. The maximum absolute atomic E-state index is 12.1.